The number of anilines is 1. The molecule has 0 heterocycles. The first-order valence-corrected chi connectivity index (χ1v) is 7.87. The van der Waals surface area contributed by atoms with E-state index in [-0.39, 0.29) is 18.4 Å². The molecule has 126 valence electrons. The van der Waals surface area contributed by atoms with E-state index in [1.165, 1.54) is 5.56 Å². The van der Waals surface area contributed by atoms with Crippen molar-refractivity contribution in [3.63, 3.8) is 0 Å². The van der Waals surface area contributed by atoms with Gasteiger partial charge in [-0.2, -0.15) is 0 Å². The largest absolute Gasteiger partial charge is 0.484 e. The summed E-state index contributed by atoms with van der Waals surface area (Å²) in [5, 5.41) is 5.46. The highest BCUT2D eigenvalue weighted by atomic mass is 16.5. The van der Waals surface area contributed by atoms with E-state index in [1.807, 2.05) is 39.0 Å². The van der Waals surface area contributed by atoms with Gasteiger partial charge in [-0.25, -0.2) is 0 Å². The van der Waals surface area contributed by atoms with E-state index in [2.05, 4.69) is 10.6 Å². The molecule has 2 rings (SSSR count). The van der Waals surface area contributed by atoms with Crippen molar-refractivity contribution in [1.29, 1.82) is 0 Å². The first kappa shape index (κ1) is 17.5. The van der Waals surface area contributed by atoms with Crippen molar-refractivity contribution >= 4 is 17.5 Å². The summed E-state index contributed by atoms with van der Waals surface area (Å²) >= 11 is 0. The highest BCUT2D eigenvalue weighted by Crippen LogP contribution is 2.16. The predicted octanol–water partition coefficient (Wildman–Crippen LogP) is 3.07. The Balaban J connectivity index is 1.87. The number of aryl methyl sites for hydroxylation is 2. The van der Waals surface area contributed by atoms with Gasteiger partial charge in [0.2, 0.25) is 0 Å². The Bertz CT molecular complexity index is 724. The first-order chi connectivity index (χ1) is 11.5. The second-order valence-corrected chi connectivity index (χ2v) is 5.52. The van der Waals surface area contributed by atoms with Gasteiger partial charge >= 0.3 is 0 Å². The van der Waals surface area contributed by atoms with Gasteiger partial charge in [0.25, 0.3) is 11.8 Å². The Labute approximate surface area is 142 Å². The maximum absolute atomic E-state index is 11.9. The van der Waals surface area contributed by atoms with Crippen LogP contribution in [0.5, 0.6) is 5.75 Å². The molecular formula is C19H22N2O3. The van der Waals surface area contributed by atoms with Crippen molar-refractivity contribution in [3.05, 3.63) is 59.2 Å². The second-order valence-electron chi connectivity index (χ2n) is 5.52. The van der Waals surface area contributed by atoms with Crippen LogP contribution in [0.4, 0.5) is 5.69 Å². The smallest absolute Gasteiger partial charge is 0.262 e. The number of hydrogen-bond acceptors (Lipinski definition) is 3. The molecule has 0 saturated carbocycles. The fourth-order valence-corrected chi connectivity index (χ4v) is 2.12. The van der Waals surface area contributed by atoms with Gasteiger partial charge in [-0.05, 0) is 68.3 Å². The summed E-state index contributed by atoms with van der Waals surface area (Å²) in [5.41, 5.74) is 3.48. The lowest BCUT2D eigenvalue weighted by Gasteiger charge is -2.09. The highest BCUT2D eigenvalue weighted by molar-refractivity contribution is 5.96. The Morgan fingerprint density at radius 2 is 1.71 bits per heavy atom. The molecule has 0 aliphatic rings. The highest BCUT2D eigenvalue weighted by Gasteiger charge is 2.07. The van der Waals surface area contributed by atoms with Crippen LogP contribution in [0.15, 0.2) is 42.5 Å². The van der Waals surface area contributed by atoms with Crippen LogP contribution in [0, 0.1) is 13.8 Å². The average Bonchev–Trinajstić information content (AvgIpc) is 2.57. The van der Waals surface area contributed by atoms with Crippen molar-refractivity contribution in [3.8, 4) is 5.75 Å². The first-order valence-electron chi connectivity index (χ1n) is 7.87. The maximum atomic E-state index is 11.9. The van der Waals surface area contributed by atoms with Crippen LogP contribution in [0.3, 0.4) is 0 Å². The maximum Gasteiger partial charge on any atom is 0.262 e. The quantitative estimate of drug-likeness (QED) is 0.857. The van der Waals surface area contributed by atoms with E-state index in [0.29, 0.717) is 23.5 Å². The summed E-state index contributed by atoms with van der Waals surface area (Å²) < 4.78 is 5.49. The monoisotopic (exact) mass is 326 g/mol. The average molecular weight is 326 g/mol. The zero-order valence-electron chi connectivity index (χ0n) is 14.2. The number of carbonyl (C=O) groups is 2. The lowest BCUT2D eigenvalue weighted by atomic mass is 10.1. The molecule has 2 aromatic rings. The summed E-state index contributed by atoms with van der Waals surface area (Å²) in [7, 11) is 0. The van der Waals surface area contributed by atoms with Crippen LogP contribution in [-0.2, 0) is 4.79 Å². The molecule has 5 heteroatoms. The molecule has 0 radical (unpaired) electrons. The van der Waals surface area contributed by atoms with E-state index < -0.39 is 0 Å². The van der Waals surface area contributed by atoms with Crippen LogP contribution < -0.4 is 15.4 Å². The fourth-order valence-electron chi connectivity index (χ4n) is 2.12. The Kier molecular flexibility index (Phi) is 5.95. The molecule has 0 bridgehead atoms. The van der Waals surface area contributed by atoms with Crippen LogP contribution in [0.25, 0.3) is 0 Å². The van der Waals surface area contributed by atoms with Gasteiger partial charge in [0.05, 0.1) is 0 Å². The number of nitrogens with one attached hydrogen (secondary N) is 2. The molecule has 0 aromatic heterocycles. The van der Waals surface area contributed by atoms with Gasteiger partial charge in [0.1, 0.15) is 5.75 Å². The van der Waals surface area contributed by atoms with Crippen LogP contribution in [0.2, 0.25) is 0 Å². The summed E-state index contributed by atoms with van der Waals surface area (Å²) in [6, 6.07) is 12.4. The van der Waals surface area contributed by atoms with E-state index in [4.69, 9.17) is 4.74 Å². The van der Waals surface area contributed by atoms with Gasteiger partial charge < -0.3 is 15.4 Å². The van der Waals surface area contributed by atoms with Gasteiger partial charge in [-0.15, -0.1) is 0 Å². The molecule has 0 aliphatic heterocycles. The zero-order chi connectivity index (χ0) is 17.5. The summed E-state index contributed by atoms with van der Waals surface area (Å²) in [5.74, 6) is 0.285. The van der Waals surface area contributed by atoms with Crippen LogP contribution >= 0.6 is 0 Å². The van der Waals surface area contributed by atoms with Gasteiger partial charge in [-0.1, -0.05) is 6.07 Å². The van der Waals surface area contributed by atoms with Crippen LogP contribution in [-0.4, -0.2) is 25.0 Å². The molecule has 24 heavy (non-hydrogen) atoms. The molecule has 5 nitrogen and oxygen atoms in total. The lowest BCUT2D eigenvalue weighted by Crippen LogP contribution is -2.23. The molecular weight excluding hydrogens is 304 g/mol. The van der Waals surface area contributed by atoms with E-state index in [9.17, 15) is 9.59 Å². The number of benzene rings is 2. The third kappa shape index (κ3) is 4.84. The molecule has 0 atom stereocenters. The second kappa shape index (κ2) is 8.15. The number of carbonyl (C=O) groups excluding carboxylic acids is 2. The SMILES string of the molecule is CCNC(=O)c1ccc(NC(=O)COc2ccc(C)c(C)c2)cc1. The topological polar surface area (TPSA) is 67.4 Å². The Hall–Kier alpha value is -2.82. The number of rotatable bonds is 6. The third-order valence-corrected chi connectivity index (χ3v) is 3.62. The Morgan fingerprint density at radius 1 is 1.00 bits per heavy atom. The molecule has 0 unspecified atom stereocenters. The van der Waals surface area contributed by atoms with Gasteiger partial charge in [0.15, 0.2) is 6.61 Å². The molecule has 0 fully saturated rings. The molecule has 0 spiro atoms. The van der Waals surface area contributed by atoms with E-state index in [0.717, 1.165) is 5.56 Å². The third-order valence-electron chi connectivity index (χ3n) is 3.62. The lowest BCUT2D eigenvalue weighted by molar-refractivity contribution is -0.118. The predicted molar refractivity (Wildman–Crippen MR) is 94.5 cm³/mol. The van der Waals surface area contributed by atoms with Crippen molar-refractivity contribution in [2.75, 3.05) is 18.5 Å². The summed E-state index contributed by atoms with van der Waals surface area (Å²) in [6.07, 6.45) is 0. The normalized spacial score (nSPS) is 10.1. The Morgan fingerprint density at radius 3 is 2.33 bits per heavy atom. The van der Waals surface area contributed by atoms with E-state index >= 15 is 0 Å². The van der Waals surface area contributed by atoms with Crippen LogP contribution in [0.1, 0.15) is 28.4 Å². The fraction of sp³-hybridized carbons (Fsp3) is 0.263. The molecule has 0 aliphatic carbocycles. The van der Waals surface area contributed by atoms with E-state index in [1.54, 1.807) is 24.3 Å². The number of ether oxygens (including phenoxy) is 1. The standard InChI is InChI=1S/C19H22N2O3/c1-4-20-19(23)15-6-8-16(9-7-15)21-18(22)12-24-17-10-5-13(2)14(3)11-17/h5-11H,4,12H2,1-3H3,(H,20,23)(H,21,22). The molecule has 0 saturated heterocycles. The van der Waals surface area contributed by atoms with Crippen molar-refractivity contribution in [2.45, 2.75) is 20.8 Å². The zero-order valence-corrected chi connectivity index (χ0v) is 14.2. The van der Waals surface area contributed by atoms with Gasteiger partial charge in [-0.3, -0.25) is 9.59 Å². The molecule has 2 amide bonds. The number of amides is 2. The molecule has 2 aromatic carbocycles. The minimum atomic E-state index is -0.251. The van der Waals surface area contributed by atoms with Crippen molar-refractivity contribution < 1.29 is 14.3 Å². The minimum absolute atomic E-state index is 0.0689. The molecule has 2 N–H and O–H groups in total. The minimum Gasteiger partial charge on any atom is -0.484 e. The van der Waals surface area contributed by atoms with Crippen molar-refractivity contribution in [2.24, 2.45) is 0 Å². The van der Waals surface area contributed by atoms with Gasteiger partial charge in [0, 0.05) is 17.8 Å². The summed E-state index contributed by atoms with van der Waals surface area (Å²) in [4.78, 5) is 23.6. The number of hydrogen-bond donors (Lipinski definition) is 2. The summed E-state index contributed by atoms with van der Waals surface area (Å²) in [6.45, 7) is 6.39. The van der Waals surface area contributed by atoms with Crippen molar-refractivity contribution in [1.82, 2.24) is 5.32 Å².